The predicted molar refractivity (Wildman–Crippen MR) is 70.5 cm³/mol. The lowest BCUT2D eigenvalue weighted by Gasteiger charge is -2.32. The maximum atomic E-state index is 13.3. The second kappa shape index (κ2) is 4.29. The molecule has 0 radical (unpaired) electrons. The molecule has 104 valence electrons. The van der Waals surface area contributed by atoms with E-state index < -0.39 is 33.4 Å². The lowest BCUT2D eigenvalue weighted by molar-refractivity contribution is 0.00578. The van der Waals surface area contributed by atoms with Gasteiger partial charge in [0.1, 0.15) is 0 Å². The first-order chi connectivity index (χ1) is 8.55. The molecule has 1 aliphatic heterocycles. The Morgan fingerprint density at radius 1 is 1.05 bits per heavy atom. The van der Waals surface area contributed by atoms with Gasteiger partial charge in [0.05, 0.1) is 16.1 Å². The molecule has 1 aromatic rings. The van der Waals surface area contributed by atoms with Gasteiger partial charge < -0.3 is 9.31 Å². The SMILES string of the molecule is CC1(C)OB(c2ccccc2S(=O)(=O)F)OC1(C)C. The van der Waals surface area contributed by atoms with Gasteiger partial charge in [-0.3, -0.25) is 0 Å². The zero-order valence-corrected chi connectivity index (χ0v) is 12.1. The number of hydrogen-bond donors (Lipinski definition) is 0. The van der Waals surface area contributed by atoms with Crippen LogP contribution in [-0.4, -0.2) is 26.7 Å². The van der Waals surface area contributed by atoms with Crippen LogP contribution in [0.3, 0.4) is 0 Å². The molecule has 0 spiro atoms. The van der Waals surface area contributed by atoms with Crippen LogP contribution in [0.25, 0.3) is 0 Å². The zero-order chi connectivity index (χ0) is 14.5. The molecule has 0 N–H and O–H groups in total. The Morgan fingerprint density at radius 2 is 1.53 bits per heavy atom. The molecule has 0 bridgehead atoms. The summed E-state index contributed by atoms with van der Waals surface area (Å²) in [5.41, 5.74) is -1.03. The molecule has 0 aliphatic carbocycles. The third-order valence-electron chi connectivity index (χ3n) is 3.69. The molecule has 0 amide bonds. The molecule has 4 nitrogen and oxygen atoms in total. The first-order valence-corrected chi connectivity index (χ1v) is 7.32. The highest BCUT2D eigenvalue weighted by Crippen LogP contribution is 2.36. The normalized spacial score (nSPS) is 21.6. The van der Waals surface area contributed by atoms with Crippen LogP contribution in [0.1, 0.15) is 27.7 Å². The number of benzene rings is 1. The fourth-order valence-corrected chi connectivity index (χ4v) is 2.55. The molecule has 1 fully saturated rings. The molecule has 0 atom stereocenters. The van der Waals surface area contributed by atoms with Gasteiger partial charge in [-0.05, 0) is 33.8 Å². The van der Waals surface area contributed by atoms with Crippen LogP contribution in [0, 0.1) is 0 Å². The van der Waals surface area contributed by atoms with Crippen molar-refractivity contribution >= 4 is 22.8 Å². The number of hydrogen-bond acceptors (Lipinski definition) is 4. The van der Waals surface area contributed by atoms with E-state index in [1.54, 1.807) is 6.07 Å². The highest BCUT2D eigenvalue weighted by atomic mass is 32.3. The van der Waals surface area contributed by atoms with E-state index in [-0.39, 0.29) is 5.46 Å². The highest BCUT2D eigenvalue weighted by Gasteiger charge is 2.52. The largest absolute Gasteiger partial charge is 0.496 e. The average Bonchev–Trinajstić information content (AvgIpc) is 2.47. The standard InChI is InChI=1S/C12H16BFO4S/c1-11(2)12(3,4)18-13(17-11)9-7-5-6-8-10(9)19(14,15)16/h5-8H,1-4H3. The van der Waals surface area contributed by atoms with Crippen LogP contribution < -0.4 is 5.46 Å². The molecule has 1 heterocycles. The van der Waals surface area contributed by atoms with E-state index in [0.717, 1.165) is 0 Å². The lowest BCUT2D eigenvalue weighted by Crippen LogP contribution is -2.41. The third kappa shape index (κ3) is 2.54. The van der Waals surface area contributed by atoms with Gasteiger partial charge in [0.25, 0.3) is 0 Å². The summed E-state index contributed by atoms with van der Waals surface area (Å²) in [7, 11) is -5.70. The van der Waals surface area contributed by atoms with E-state index in [1.165, 1.54) is 18.2 Å². The van der Waals surface area contributed by atoms with Gasteiger partial charge in [-0.1, -0.05) is 18.2 Å². The Morgan fingerprint density at radius 3 is 2.00 bits per heavy atom. The first kappa shape index (κ1) is 14.5. The van der Waals surface area contributed by atoms with Crippen LogP contribution in [0.5, 0.6) is 0 Å². The van der Waals surface area contributed by atoms with E-state index in [9.17, 15) is 12.3 Å². The quantitative estimate of drug-likeness (QED) is 0.612. The van der Waals surface area contributed by atoms with Gasteiger partial charge in [-0.15, -0.1) is 3.89 Å². The molecule has 0 saturated carbocycles. The van der Waals surface area contributed by atoms with Crippen molar-refractivity contribution in [2.24, 2.45) is 0 Å². The maximum Gasteiger partial charge on any atom is 0.496 e. The van der Waals surface area contributed by atoms with Crippen LogP contribution in [-0.2, 0) is 19.5 Å². The topological polar surface area (TPSA) is 52.6 Å². The van der Waals surface area contributed by atoms with Gasteiger partial charge in [0, 0.05) is 5.46 Å². The second-order valence-electron chi connectivity index (χ2n) is 5.56. The third-order valence-corrected chi connectivity index (χ3v) is 4.59. The van der Waals surface area contributed by atoms with Crippen molar-refractivity contribution in [2.75, 3.05) is 0 Å². The lowest BCUT2D eigenvalue weighted by atomic mass is 9.79. The summed E-state index contributed by atoms with van der Waals surface area (Å²) in [6.07, 6.45) is 0. The van der Waals surface area contributed by atoms with Crippen molar-refractivity contribution in [1.82, 2.24) is 0 Å². The van der Waals surface area contributed by atoms with Gasteiger partial charge in [0.15, 0.2) is 0 Å². The molecule has 0 unspecified atom stereocenters. The average molecular weight is 286 g/mol. The van der Waals surface area contributed by atoms with Crippen LogP contribution in [0.15, 0.2) is 29.2 Å². The summed E-state index contributed by atoms with van der Waals surface area (Å²) >= 11 is 0. The summed E-state index contributed by atoms with van der Waals surface area (Å²) < 4.78 is 47.1. The molecular weight excluding hydrogens is 270 g/mol. The minimum atomic E-state index is -4.81. The molecule has 1 saturated heterocycles. The van der Waals surface area contributed by atoms with E-state index in [4.69, 9.17) is 9.31 Å². The van der Waals surface area contributed by atoms with Crippen LogP contribution in [0.2, 0.25) is 0 Å². The Kier molecular flexibility index (Phi) is 3.28. The van der Waals surface area contributed by atoms with Gasteiger partial charge in [-0.2, -0.15) is 8.42 Å². The Hall–Kier alpha value is -0.915. The molecule has 2 rings (SSSR count). The van der Waals surface area contributed by atoms with Gasteiger partial charge in [-0.25, -0.2) is 0 Å². The predicted octanol–water partition coefficient (Wildman–Crippen LogP) is 1.64. The van der Waals surface area contributed by atoms with Crippen LogP contribution in [0.4, 0.5) is 3.89 Å². The fraction of sp³-hybridized carbons (Fsp3) is 0.500. The number of halogens is 1. The Balaban J connectivity index is 2.47. The smallest absolute Gasteiger partial charge is 0.399 e. The van der Waals surface area contributed by atoms with E-state index in [0.29, 0.717) is 0 Å². The number of rotatable bonds is 2. The summed E-state index contributed by atoms with van der Waals surface area (Å²) in [4.78, 5) is -0.409. The van der Waals surface area contributed by atoms with E-state index >= 15 is 0 Å². The summed E-state index contributed by atoms with van der Waals surface area (Å²) in [5.74, 6) is 0. The summed E-state index contributed by atoms with van der Waals surface area (Å²) in [6, 6.07) is 5.78. The molecule has 1 aliphatic rings. The summed E-state index contributed by atoms with van der Waals surface area (Å²) in [6.45, 7) is 7.39. The van der Waals surface area contributed by atoms with Crippen LogP contribution >= 0.6 is 0 Å². The van der Waals surface area contributed by atoms with Gasteiger partial charge in [0.2, 0.25) is 0 Å². The molecule has 0 aromatic heterocycles. The Bertz CT molecular complexity index is 582. The minimum absolute atomic E-state index is 0.184. The van der Waals surface area contributed by atoms with E-state index in [1.807, 2.05) is 27.7 Å². The van der Waals surface area contributed by atoms with Crippen molar-refractivity contribution < 1.29 is 21.6 Å². The first-order valence-electron chi connectivity index (χ1n) is 5.94. The maximum absolute atomic E-state index is 13.3. The highest BCUT2D eigenvalue weighted by molar-refractivity contribution is 7.86. The molecular formula is C12H16BFO4S. The van der Waals surface area contributed by atoms with Crippen molar-refractivity contribution in [3.05, 3.63) is 24.3 Å². The van der Waals surface area contributed by atoms with Crippen molar-refractivity contribution in [1.29, 1.82) is 0 Å². The van der Waals surface area contributed by atoms with Crippen molar-refractivity contribution in [3.63, 3.8) is 0 Å². The summed E-state index contributed by atoms with van der Waals surface area (Å²) in [5, 5.41) is 0. The fourth-order valence-electron chi connectivity index (χ4n) is 1.87. The van der Waals surface area contributed by atoms with Crippen molar-refractivity contribution in [2.45, 2.75) is 43.8 Å². The molecule has 19 heavy (non-hydrogen) atoms. The second-order valence-corrected chi connectivity index (χ2v) is 6.88. The van der Waals surface area contributed by atoms with E-state index in [2.05, 4.69) is 0 Å². The minimum Gasteiger partial charge on any atom is -0.399 e. The molecule has 1 aromatic carbocycles. The molecule has 7 heteroatoms. The van der Waals surface area contributed by atoms with Gasteiger partial charge >= 0.3 is 17.3 Å². The zero-order valence-electron chi connectivity index (χ0n) is 11.3. The van der Waals surface area contributed by atoms with Crippen molar-refractivity contribution in [3.8, 4) is 0 Å². The monoisotopic (exact) mass is 286 g/mol. The Labute approximate surface area is 113 Å².